The first-order valence-corrected chi connectivity index (χ1v) is 10.4. The van der Waals surface area contributed by atoms with E-state index in [9.17, 15) is 14.9 Å². The predicted octanol–water partition coefficient (Wildman–Crippen LogP) is 3.74. The van der Waals surface area contributed by atoms with Gasteiger partial charge in [-0.1, -0.05) is 24.3 Å². The van der Waals surface area contributed by atoms with Gasteiger partial charge < -0.3 is 19.7 Å². The molecule has 3 aromatic carbocycles. The second-order valence-corrected chi connectivity index (χ2v) is 7.70. The van der Waals surface area contributed by atoms with Crippen LogP contribution in [-0.2, 0) is 7.05 Å². The Bertz CT molecular complexity index is 1530. The summed E-state index contributed by atoms with van der Waals surface area (Å²) in [6.45, 7) is 0.137. The van der Waals surface area contributed by atoms with Crippen LogP contribution in [0.3, 0.4) is 0 Å². The molecule has 0 saturated heterocycles. The first-order chi connectivity index (χ1) is 16.0. The second kappa shape index (κ2) is 7.93. The Hall–Kier alpha value is -4.41. The number of pyridine rings is 1. The quantitative estimate of drug-likeness (QED) is 0.434. The topological polar surface area (TPSA) is 104 Å². The summed E-state index contributed by atoms with van der Waals surface area (Å²) in [5.74, 6) is 0.451. The zero-order valence-corrected chi connectivity index (χ0v) is 17.8. The highest BCUT2D eigenvalue weighted by molar-refractivity contribution is 6.28. The number of aryl methyl sites for hydroxylation is 1. The lowest BCUT2D eigenvalue weighted by atomic mass is 9.81. The number of ketones is 1. The third-order valence-electron chi connectivity index (χ3n) is 5.84. The van der Waals surface area contributed by atoms with Gasteiger partial charge in [-0.15, -0.1) is 0 Å². The summed E-state index contributed by atoms with van der Waals surface area (Å²) in [5.41, 5.74) is 3.50. The summed E-state index contributed by atoms with van der Waals surface area (Å²) in [5, 5.41) is 22.6. The number of ether oxygens (including phenoxy) is 1. The van der Waals surface area contributed by atoms with Gasteiger partial charge in [-0.25, -0.2) is 0 Å². The van der Waals surface area contributed by atoms with Crippen LogP contribution in [0.4, 0.5) is 11.4 Å². The molecule has 5 rings (SSSR count). The fraction of sp³-hybridized carbons (Fsp3) is 0.115. The number of benzene rings is 3. The molecule has 0 spiro atoms. The lowest BCUT2D eigenvalue weighted by Gasteiger charge is -2.24. The van der Waals surface area contributed by atoms with E-state index in [0.29, 0.717) is 44.6 Å². The Balaban J connectivity index is 1.74. The summed E-state index contributed by atoms with van der Waals surface area (Å²) < 4.78 is 6.81. The van der Waals surface area contributed by atoms with E-state index in [0.717, 1.165) is 5.69 Å². The van der Waals surface area contributed by atoms with E-state index in [1.54, 1.807) is 55.6 Å². The van der Waals surface area contributed by atoms with Crippen molar-refractivity contribution in [1.29, 1.82) is 5.26 Å². The van der Waals surface area contributed by atoms with Gasteiger partial charge in [-0.2, -0.15) is 5.26 Å². The minimum Gasteiger partial charge on any atom is -0.491 e. The number of nitrogens with one attached hydrogen (secondary N) is 1. The Kier molecular flexibility index (Phi) is 4.93. The van der Waals surface area contributed by atoms with E-state index in [1.807, 2.05) is 12.1 Å². The molecule has 0 radical (unpaired) electrons. The summed E-state index contributed by atoms with van der Waals surface area (Å²) in [6, 6.07) is 19.8. The molecule has 1 aliphatic rings. The number of aliphatic hydroxyl groups excluding tert-OH is 1. The molecule has 0 bridgehead atoms. The van der Waals surface area contributed by atoms with Gasteiger partial charge in [-0.3, -0.25) is 9.59 Å². The lowest BCUT2D eigenvalue weighted by molar-refractivity contribution is 0.104. The van der Waals surface area contributed by atoms with Crippen LogP contribution >= 0.6 is 0 Å². The maximum atomic E-state index is 13.6. The zero-order chi connectivity index (χ0) is 23.1. The zero-order valence-electron chi connectivity index (χ0n) is 17.8. The van der Waals surface area contributed by atoms with Crippen LogP contribution in [0.2, 0.25) is 0 Å². The standard InChI is InChI=1S/C26H19N3O4/c1-29-21-11-10-20(28-15-6-8-16(9-7-15)33-13-12-30)23-24(21)22(19(14-27)26(29)32)17-4-2-3-5-18(17)25(23)31/h2-11,28,30H,12-13H2,1H3. The predicted molar refractivity (Wildman–Crippen MR) is 125 cm³/mol. The Morgan fingerprint density at radius 2 is 1.73 bits per heavy atom. The van der Waals surface area contributed by atoms with Gasteiger partial charge in [0.05, 0.1) is 23.4 Å². The van der Waals surface area contributed by atoms with E-state index in [4.69, 9.17) is 9.84 Å². The van der Waals surface area contributed by atoms with Crippen LogP contribution in [0.5, 0.6) is 5.75 Å². The summed E-state index contributed by atoms with van der Waals surface area (Å²) in [6.07, 6.45) is 0. The number of fused-ring (bicyclic) bond motifs is 2. The summed E-state index contributed by atoms with van der Waals surface area (Å²) >= 11 is 0. The molecule has 33 heavy (non-hydrogen) atoms. The first kappa shape index (κ1) is 20.5. The van der Waals surface area contributed by atoms with Crippen molar-refractivity contribution in [3.63, 3.8) is 0 Å². The molecule has 2 N–H and O–H groups in total. The molecule has 4 aromatic rings. The number of carbonyl (C=O) groups excluding carboxylic acids is 1. The molecule has 0 fully saturated rings. The van der Waals surface area contributed by atoms with E-state index < -0.39 is 5.56 Å². The molecule has 0 unspecified atom stereocenters. The molecular formula is C26H19N3O4. The molecule has 0 atom stereocenters. The average molecular weight is 437 g/mol. The van der Waals surface area contributed by atoms with Crippen molar-refractivity contribution in [3.05, 3.63) is 87.7 Å². The van der Waals surface area contributed by atoms with E-state index in [1.165, 1.54) is 4.57 Å². The van der Waals surface area contributed by atoms with Crippen molar-refractivity contribution >= 4 is 28.1 Å². The van der Waals surface area contributed by atoms with Crippen LogP contribution < -0.4 is 15.6 Å². The second-order valence-electron chi connectivity index (χ2n) is 7.70. The maximum Gasteiger partial charge on any atom is 0.269 e. The average Bonchev–Trinajstić information content (AvgIpc) is 2.84. The number of rotatable bonds is 5. The highest BCUT2D eigenvalue weighted by Gasteiger charge is 2.31. The van der Waals surface area contributed by atoms with Crippen molar-refractivity contribution < 1.29 is 14.6 Å². The molecule has 162 valence electrons. The fourth-order valence-corrected chi connectivity index (χ4v) is 4.33. The number of carbonyl (C=O) groups is 1. The van der Waals surface area contributed by atoms with Crippen LogP contribution in [0.15, 0.2) is 65.5 Å². The number of nitriles is 1. The largest absolute Gasteiger partial charge is 0.491 e. The molecule has 1 aliphatic carbocycles. The van der Waals surface area contributed by atoms with Crippen LogP contribution in [0.25, 0.3) is 22.0 Å². The normalized spacial score (nSPS) is 11.7. The molecule has 7 nitrogen and oxygen atoms in total. The van der Waals surface area contributed by atoms with Gasteiger partial charge in [-0.05, 0) is 42.0 Å². The van der Waals surface area contributed by atoms with Gasteiger partial charge >= 0.3 is 0 Å². The summed E-state index contributed by atoms with van der Waals surface area (Å²) in [4.78, 5) is 26.5. The van der Waals surface area contributed by atoms with Crippen LogP contribution in [0.1, 0.15) is 21.5 Å². The third kappa shape index (κ3) is 3.16. The number of nitrogens with zero attached hydrogens (tertiary/aromatic N) is 2. The van der Waals surface area contributed by atoms with Crippen LogP contribution in [-0.4, -0.2) is 28.7 Å². The molecule has 0 amide bonds. The lowest BCUT2D eigenvalue weighted by Crippen LogP contribution is -2.24. The van der Waals surface area contributed by atoms with E-state index >= 15 is 0 Å². The summed E-state index contributed by atoms with van der Waals surface area (Å²) in [7, 11) is 1.61. The highest BCUT2D eigenvalue weighted by atomic mass is 16.5. The van der Waals surface area contributed by atoms with Gasteiger partial charge in [0.25, 0.3) is 5.56 Å². The molecule has 1 aromatic heterocycles. The van der Waals surface area contributed by atoms with Crippen molar-refractivity contribution in [2.75, 3.05) is 18.5 Å². The number of hydrogen-bond acceptors (Lipinski definition) is 6. The fourth-order valence-electron chi connectivity index (χ4n) is 4.33. The number of hydrogen-bond donors (Lipinski definition) is 2. The SMILES string of the molecule is Cn1c(=O)c(C#N)c2c3c(c(Nc4ccc(OCCO)cc4)ccc31)C(=O)c1ccccc1-2. The smallest absolute Gasteiger partial charge is 0.269 e. The van der Waals surface area contributed by atoms with Crippen LogP contribution in [0, 0.1) is 11.3 Å². The number of aliphatic hydroxyl groups is 1. The number of anilines is 2. The first-order valence-electron chi connectivity index (χ1n) is 10.4. The number of aromatic nitrogens is 1. The maximum absolute atomic E-state index is 13.6. The van der Waals surface area contributed by atoms with Crippen molar-refractivity contribution in [1.82, 2.24) is 4.57 Å². The Morgan fingerprint density at radius 3 is 2.42 bits per heavy atom. The molecule has 0 aliphatic heterocycles. The van der Waals surface area contributed by atoms with Gasteiger partial charge in [0.1, 0.15) is 24.0 Å². The molecule has 7 heteroatoms. The molecule has 1 heterocycles. The van der Waals surface area contributed by atoms with Crippen molar-refractivity contribution in [2.45, 2.75) is 0 Å². The molecular weight excluding hydrogens is 418 g/mol. The van der Waals surface area contributed by atoms with Gasteiger partial charge in [0.15, 0.2) is 5.78 Å². The minimum atomic E-state index is -0.394. The van der Waals surface area contributed by atoms with Crippen molar-refractivity contribution in [2.24, 2.45) is 7.05 Å². The molecule has 0 saturated carbocycles. The highest BCUT2D eigenvalue weighted by Crippen LogP contribution is 2.43. The monoisotopic (exact) mass is 437 g/mol. The minimum absolute atomic E-state index is 0.0220. The Morgan fingerprint density at radius 1 is 1.00 bits per heavy atom. The van der Waals surface area contributed by atoms with Gasteiger partial charge in [0, 0.05) is 29.2 Å². The van der Waals surface area contributed by atoms with E-state index in [2.05, 4.69) is 11.4 Å². The Labute approximate surface area is 189 Å². The van der Waals surface area contributed by atoms with Crippen molar-refractivity contribution in [3.8, 4) is 22.9 Å². The third-order valence-corrected chi connectivity index (χ3v) is 5.84. The van der Waals surface area contributed by atoms with Gasteiger partial charge in [0.2, 0.25) is 0 Å². The van der Waals surface area contributed by atoms with E-state index in [-0.39, 0.29) is 24.6 Å².